The molecule has 0 heterocycles. The predicted octanol–water partition coefficient (Wildman–Crippen LogP) is 4.37. The van der Waals surface area contributed by atoms with E-state index in [2.05, 4.69) is 12.2 Å². The lowest BCUT2D eigenvalue weighted by Gasteiger charge is -2.19. The zero-order valence-corrected chi connectivity index (χ0v) is 12.8. The Morgan fingerprint density at radius 2 is 2.14 bits per heavy atom. The van der Waals surface area contributed by atoms with E-state index in [4.69, 9.17) is 4.74 Å². The molecule has 0 amide bonds. The highest BCUT2D eigenvalue weighted by atomic mass is 16.6. The van der Waals surface area contributed by atoms with Gasteiger partial charge in [-0.15, -0.1) is 0 Å². The molecule has 1 saturated carbocycles. The molecule has 0 radical (unpaired) electrons. The van der Waals surface area contributed by atoms with Crippen LogP contribution in [0.5, 0.6) is 5.75 Å². The number of nitrogens with zero attached hydrogens (tertiary/aromatic N) is 1. The second kappa shape index (κ2) is 7.29. The maximum atomic E-state index is 10.8. The average molecular weight is 292 g/mol. The summed E-state index contributed by atoms with van der Waals surface area (Å²) in [6, 6.07) is 5.18. The van der Waals surface area contributed by atoms with Crippen molar-refractivity contribution < 1.29 is 9.66 Å². The fourth-order valence-electron chi connectivity index (χ4n) is 3.06. The van der Waals surface area contributed by atoms with Crippen molar-refractivity contribution in [2.24, 2.45) is 5.92 Å². The van der Waals surface area contributed by atoms with Crippen LogP contribution in [0.15, 0.2) is 18.2 Å². The summed E-state index contributed by atoms with van der Waals surface area (Å²) in [5, 5.41) is 14.3. The van der Waals surface area contributed by atoms with Gasteiger partial charge in [-0.05, 0) is 31.2 Å². The summed E-state index contributed by atoms with van der Waals surface area (Å²) in [6.45, 7) is 2.26. The van der Waals surface area contributed by atoms with Crippen LogP contribution >= 0.6 is 0 Å². The lowest BCUT2D eigenvalue weighted by molar-refractivity contribution is -0.384. The molecule has 2 atom stereocenters. The zero-order valence-electron chi connectivity index (χ0n) is 12.8. The first kappa shape index (κ1) is 15.6. The van der Waals surface area contributed by atoms with Crippen LogP contribution in [0.25, 0.3) is 0 Å². The Balaban J connectivity index is 2.06. The third kappa shape index (κ3) is 4.09. The van der Waals surface area contributed by atoms with Gasteiger partial charge in [-0.3, -0.25) is 10.1 Å². The number of methoxy groups -OCH3 is 1. The van der Waals surface area contributed by atoms with E-state index in [0.29, 0.717) is 11.8 Å². The van der Waals surface area contributed by atoms with Gasteiger partial charge in [0.1, 0.15) is 5.75 Å². The minimum absolute atomic E-state index is 0.0595. The van der Waals surface area contributed by atoms with Crippen molar-refractivity contribution in [1.29, 1.82) is 0 Å². The Kier molecular flexibility index (Phi) is 5.42. The summed E-state index contributed by atoms with van der Waals surface area (Å²) in [6.07, 6.45) is 7.36. The standard InChI is InChI=1S/C16H24N2O3/c1-3-12-5-4-6-13(8-7-12)17-15-10-9-14(18(19)20)11-16(15)21-2/h9-13,17H,3-8H2,1-2H3. The minimum Gasteiger partial charge on any atom is -0.494 e. The molecule has 5 heteroatoms. The normalized spacial score (nSPS) is 22.4. The van der Waals surface area contributed by atoms with E-state index in [1.807, 2.05) is 0 Å². The summed E-state index contributed by atoms with van der Waals surface area (Å²) in [4.78, 5) is 10.4. The van der Waals surface area contributed by atoms with Gasteiger partial charge < -0.3 is 10.1 Å². The number of rotatable bonds is 5. The number of nitro groups is 1. The smallest absolute Gasteiger partial charge is 0.273 e. The third-order valence-electron chi connectivity index (χ3n) is 4.42. The van der Waals surface area contributed by atoms with E-state index in [1.54, 1.807) is 13.2 Å². The maximum absolute atomic E-state index is 10.8. The molecular weight excluding hydrogens is 268 g/mol. The minimum atomic E-state index is -0.399. The Morgan fingerprint density at radius 3 is 2.81 bits per heavy atom. The molecule has 2 rings (SSSR count). The van der Waals surface area contributed by atoms with E-state index >= 15 is 0 Å². The number of anilines is 1. The highest BCUT2D eigenvalue weighted by Crippen LogP contribution is 2.32. The van der Waals surface area contributed by atoms with Gasteiger partial charge in [0.05, 0.1) is 23.8 Å². The number of hydrogen-bond donors (Lipinski definition) is 1. The molecule has 0 spiro atoms. The van der Waals surface area contributed by atoms with Crippen LogP contribution in [0.4, 0.5) is 11.4 Å². The Labute approximate surface area is 125 Å². The molecule has 1 aliphatic rings. The third-order valence-corrected chi connectivity index (χ3v) is 4.42. The van der Waals surface area contributed by atoms with E-state index < -0.39 is 4.92 Å². The Morgan fingerprint density at radius 1 is 1.33 bits per heavy atom. The zero-order chi connectivity index (χ0) is 15.2. The van der Waals surface area contributed by atoms with Gasteiger partial charge in [-0.1, -0.05) is 26.2 Å². The van der Waals surface area contributed by atoms with Gasteiger partial charge >= 0.3 is 0 Å². The lowest BCUT2D eigenvalue weighted by Crippen LogP contribution is -2.19. The molecule has 0 aromatic heterocycles. The fraction of sp³-hybridized carbons (Fsp3) is 0.625. The molecule has 0 bridgehead atoms. The SMILES string of the molecule is CCC1CCCC(Nc2ccc([N+](=O)[O-])cc2OC)CC1. The van der Waals surface area contributed by atoms with Crippen molar-refractivity contribution >= 4 is 11.4 Å². The number of benzene rings is 1. The van der Waals surface area contributed by atoms with E-state index in [1.165, 1.54) is 37.8 Å². The van der Waals surface area contributed by atoms with E-state index in [-0.39, 0.29) is 5.69 Å². The summed E-state index contributed by atoms with van der Waals surface area (Å²) in [7, 11) is 1.55. The van der Waals surface area contributed by atoms with Gasteiger partial charge in [0, 0.05) is 12.1 Å². The number of ether oxygens (including phenoxy) is 1. The molecular formula is C16H24N2O3. The van der Waals surface area contributed by atoms with Crippen molar-refractivity contribution in [3.63, 3.8) is 0 Å². The molecule has 1 N–H and O–H groups in total. The Bertz CT molecular complexity index is 490. The van der Waals surface area contributed by atoms with Crippen LogP contribution in [0, 0.1) is 16.0 Å². The van der Waals surface area contributed by atoms with Crippen LogP contribution in [0.3, 0.4) is 0 Å². The van der Waals surface area contributed by atoms with Crippen LogP contribution in [-0.4, -0.2) is 18.1 Å². The lowest BCUT2D eigenvalue weighted by atomic mass is 9.98. The number of non-ortho nitro benzene ring substituents is 1. The first-order chi connectivity index (χ1) is 10.1. The van der Waals surface area contributed by atoms with Crippen molar-refractivity contribution in [1.82, 2.24) is 0 Å². The fourth-order valence-corrected chi connectivity index (χ4v) is 3.06. The topological polar surface area (TPSA) is 64.4 Å². The molecule has 0 aliphatic heterocycles. The molecule has 116 valence electrons. The summed E-state index contributed by atoms with van der Waals surface area (Å²) in [5.41, 5.74) is 0.910. The molecule has 21 heavy (non-hydrogen) atoms. The van der Waals surface area contributed by atoms with E-state index in [9.17, 15) is 10.1 Å². The van der Waals surface area contributed by atoms with Gasteiger partial charge in [0.25, 0.3) is 5.69 Å². The maximum Gasteiger partial charge on any atom is 0.273 e. The second-order valence-electron chi connectivity index (χ2n) is 5.77. The summed E-state index contributed by atoms with van der Waals surface area (Å²) in [5.74, 6) is 1.39. The number of nitrogens with one attached hydrogen (secondary N) is 1. The Hall–Kier alpha value is -1.78. The largest absolute Gasteiger partial charge is 0.494 e. The van der Waals surface area contributed by atoms with Crippen LogP contribution in [-0.2, 0) is 0 Å². The molecule has 5 nitrogen and oxygen atoms in total. The van der Waals surface area contributed by atoms with Crippen molar-refractivity contribution in [2.75, 3.05) is 12.4 Å². The highest BCUT2D eigenvalue weighted by molar-refractivity contribution is 5.61. The average Bonchev–Trinajstić information content (AvgIpc) is 2.72. The molecule has 1 aromatic rings. The monoisotopic (exact) mass is 292 g/mol. The summed E-state index contributed by atoms with van der Waals surface area (Å²) < 4.78 is 5.28. The summed E-state index contributed by atoms with van der Waals surface area (Å²) >= 11 is 0. The van der Waals surface area contributed by atoms with Crippen LogP contribution < -0.4 is 10.1 Å². The quantitative estimate of drug-likeness (QED) is 0.497. The van der Waals surface area contributed by atoms with Gasteiger partial charge in [-0.25, -0.2) is 0 Å². The number of nitro benzene ring substituents is 1. The van der Waals surface area contributed by atoms with Crippen molar-refractivity contribution in [3.05, 3.63) is 28.3 Å². The molecule has 1 fully saturated rings. The van der Waals surface area contributed by atoms with Crippen LogP contribution in [0.2, 0.25) is 0 Å². The second-order valence-corrected chi connectivity index (χ2v) is 5.77. The molecule has 0 saturated heterocycles. The van der Waals surface area contributed by atoms with Gasteiger partial charge in [0.15, 0.2) is 0 Å². The number of hydrogen-bond acceptors (Lipinski definition) is 4. The van der Waals surface area contributed by atoms with E-state index in [0.717, 1.165) is 24.4 Å². The van der Waals surface area contributed by atoms with Crippen molar-refractivity contribution in [2.45, 2.75) is 51.5 Å². The first-order valence-electron chi connectivity index (χ1n) is 7.73. The molecule has 2 unspecified atom stereocenters. The van der Waals surface area contributed by atoms with Gasteiger partial charge in [0.2, 0.25) is 0 Å². The van der Waals surface area contributed by atoms with Gasteiger partial charge in [-0.2, -0.15) is 0 Å². The molecule has 1 aromatic carbocycles. The highest BCUT2D eigenvalue weighted by Gasteiger charge is 2.19. The first-order valence-corrected chi connectivity index (χ1v) is 7.73. The van der Waals surface area contributed by atoms with Crippen LogP contribution in [0.1, 0.15) is 45.4 Å². The molecule has 1 aliphatic carbocycles. The predicted molar refractivity (Wildman–Crippen MR) is 83.9 cm³/mol. The van der Waals surface area contributed by atoms with Crippen molar-refractivity contribution in [3.8, 4) is 5.75 Å².